The second-order valence-corrected chi connectivity index (χ2v) is 24.5. The molecule has 5 N–H and O–H groups in total. The Kier molecular flexibility index (Phi) is 17.8. The Labute approximate surface area is 416 Å². The average molecular weight is 1010 g/mol. The molecule has 1 aromatic carbocycles. The standard InChI is InChI=1S/C51H85N5O13S/c1-15-41-51(10,62)44(58)32(6)55(12)26-28(2)24-49(8,61)46(30(4)42(31(5)47(60)68-41)40-25-50(9,65-13)45(59)33(7)67-40)69-48-43(57)39(22-29(3)66-48)54(11)21-20-35-27-56(53-52-35)38-23-37(38)34-16-18-36(19-17-34)70(14,63)64/h16-19,27-33,37-46,48,57-59,61-62H,15,20-26H2,1-14H3/t28-,29-,30+,31-,32-,33+,37?,38-,39+,40?,41-,42+,43-,44-,45+,46-,48+,49-,50-,51-/m1/s1. The number of cyclic esters (lactones) is 1. The molecule has 0 bridgehead atoms. The molecule has 4 aliphatic rings. The Morgan fingerprint density at radius 2 is 1.61 bits per heavy atom. The third kappa shape index (κ3) is 12.3. The average Bonchev–Trinajstić information content (AvgIpc) is 3.95. The fraction of sp³-hybridized carbons (Fsp3) is 0.824. The fourth-order valence-corrected chi connectivity index (χ4v) is 12.7. The van der Waals surface area contributed by atoms with Crippen LogP contribution in [0.2, 0.25) is 0 Å². The number of esters is 1. The molecule has 1 saturated carbocycles. The van der Waals surface area contributed by atoms with Crippen LogP contribution in [-0.4, -0.2) is 189 Å². The number of hydrogen-bond donors (Lipinski definition) is 5. The van der Waals surface area contributed by atoms with E-state index in [1.165, 1.54) is 20.3 Å². The van der Waals surface area contributed by atoms with E-state index in [0.717, 1.165) is 17.7 Å². The molecule has 6 rings (SSSR count). The van der Waals surface area contributed by atoms with E-state index < -0.39 is 111 Å². The summed E-state index contributed by atoms with van der Waals surface area (Å²) >= 11 is 0. The monoisotopic (exact) mass is 1010 g/mol. The van der Waals surface area contributed by atoms with Crippen LogP contribution in [0.4, 0.5) is 0 Å². The van der Waals surface area contributed by atoms with Crippen LogP contribution in [0, 0.1) is 23.7 Å². The number of carbonyl (C=O) groups is 1. The lowest BCUT2D eigenvalue weighted by molar-refractivity contribution is -0.302. The van der Waals surface area contributed by atoms with Gasteiger partial charge in [-0.05, 0) is 111 Å². The van der Waals surface area contributed by atoms with Gasteiger partial charge in [0.1, 0.15) is 30.0 Å². The predicted molar refractivity (Wildman–Crippen MR) is 261 cm³/mol. The highest BCUT2D eigenvalue weighted by atomic mass is 32.2. The third-order valence-electron chi connectivity index (χ3n) is 16.6. The Balaban J connectivity index is 1.26. The Morgan fingerprint density at radius 1 is 0.957 bits per heavy atom. The highest BCUT2D eigenvalue weighted by Gasteiger charge is 2.55. The van der Waals surface area contributed by atoms with Crippen molar-refractivity contribution < 1.29 is 62.4 Å². The number of sulfone groups is 1. The number of benzene rings is 1. The van der Waals surface area contributed by atoms with Crippen molar-refractivity contribution in [2.75, 3.05) is 40.6 Å². The van der Waals surface area contributed by atoms with Crippen LogP contribution in [0.15, 0.2) is 35.4 Å². The van der Waals surface area contributed by atoms with Crippen molar-refractivity contribution in [2.45, 2.75) is 209 Å². The topological polar surface area (TPSA) is 236 Å². The van der Waals surface area contributed by atoms with Crippen LogP contribution in [0.3, 0.4) is 0 Å². The molecule has 2 unspecified atom stereocenters. The normalized spacial score (nSPS) is 43.0. The van der Waals surface area contributed by atoms with E-state index in [-0.39, 0.29) is 48.1 Å². The number of aliphatic hydroxyl groups excluding tert-OH is 3. The fourth-order valence-electron chi connectivity index (χ4n) is 12.0. The molecular formula is C51H85N5O13S. The molecule has 398 valence electrons. The molecule has 0 spiro atoms. The van der Waals surface area contributed by atoms with Crippen molar-refractivity contribution in [3.63, 3.8) is 0 Å². The summed E-state index contributed by atoms with van der Waals surface area (Å²) < 4.78 is 58.0. The van der Waals surface area contributed by atoms with Crippen molar-refractivity contribution in [3.8, 4) is 0 Å². The molecule has 0 radical (unpaired) electrons. The number of nitrogens with zero attached hydrogens (tertiary/aromatic N) is 5. The van der Waals surface area contributed by atoms with Crippen LogP contribution in [0.25, 0.3) is 0 Å². The SMILES string of the molecule is CC[C@H]1OC(=O)[C@H](C)[C@@H](C2C[C@@](C)(OC)[C@@H](O)[C@H](C)O2)[C@H](C)[C@@H](O[C@@H]2O[C@H](C)C[C@H](N(C)CCc3cn([C@@H]4CC4c4ccc(S(C)(=O)=O)cc4)nn3)[C@H]2O)[C@](C)(O)C[C@@H](C)CN(C)[C@H](C)[C@@H](O)[C@]1(C)O. The van der Waals surface area contributed by atoms with E-state index >= 15 is 0 Å². The van der Waals surface area contributed by atoms with Crippen LogP contribution in [-0.2, 0) is 44.7 Å². The van der Waals surface area contributed by atoms with E-state index in [4.69, 9.17) is 23.7 Å². The minimum Gasteiger partial charge on any atom is -0.459 e. The lowest BCUT2D eigenvalue weighted by Crippen LogP contribution is -2.62. The van der Waals surface area contributed by atoms with Gasteiger partial charge >= 0.3 is 5.97 Å². The summed E-state index contributed by atoms with van der Waals surface area (Å²) in [5, 5.41) is 69.0. The summed E-state index contributed by atoms with van der Waals surface area (Å²) in [6.45, 7) is 18.9. The predicted octanol–water partition coefficient (Wildman–Crippen LogP) is 3.51. The van der Waals surface area contributed by atoms with E-state index in [2.05, 4.69) is 15.2 Å². The van der Waals surface area contributed by atoms with Gasteiger partial charge in [-0.25, -0.2) is 13.1 Å². The molecule has 1 aliphatic carbocycles. The zero-order valence-electron chi connectivity index (χ0n) is 44.0. The Hall–Kier alpha value is -2.66. The van der Waals surface area contributed by atoms with Crippen molar-refractivity contribution in [1.82, 2.24) is 24.8 Å². The van der Waals surface area contributed by atoms with Gasteiger partial charge in [-0.15, -0.1) is 5.10 Å². The largest absolute Gasteiger partial charge is 0.459 e. The number of rotatable bonds is 12. The maximum Gasteiger partial charge on any atom is 0.309 e. The van der Waals surface area contributed by atoms with Crippen molar-refractivity contribution in [2.24, 2.45) is 23.7 Å². The molecule has 4 heterocycles. The van der Waals surface area contributed by atoms with Gasteiger partial charge in [-0.3, -0.25) is 4.79 Å². The zero-order chi connectivity index (χ0) is 52.0. The number of ether oxygens (including phenoxy) is 5. The Bertz CT molecular complexity index is 2160. The van der Waals surface area contributed by atoms with Crippen LogP contribution in [0.1, 0.15) is 125 Å². The van der Waals surface area contributed by atoms with Gasteiger partial charge in [0, 0.05) is 69.4 Å². The number of hydrogen-bond acceptors (Lipinski definition) is 17. The van der Waals surface area contributed by atoms with E-state index in [0.29, 0.717) is 25.9 Å². The smallest absolute Gasteiger partial charge is 0.309 e. The van der Waals surface area contributed by atoms with Gasteiger partial charge in [-0.2, -0.15) is 0 Å². The minimum atomic E-state index is -3.28. The molecule has 3 aliphatic heterocycles. The molecular weight excluding hydrogens is 923 g/mol. The molecule has 20 atom stereocenters. The first-order valence-corrected chi connectivity index (χ1v) is 27.3. The quantitative estimate of drug-likeness (QED) is 0.191. The summed E-state index contributed by atoms with van der Waals surface area (Å²) in [6.07, 6.45) is -2.85. The summed E-state index contributed by atoms with van der Waals surface area (Å²) in [5.74, 6) is -2.95. The van der Waals surface area contributed by atoms with Gasteiger partial charge in [0.2, 0.25) is 0 Å². The number of likely N-dealkylation sites (N-methyl/N-ethyl adjacent to an activating group) is 2. The van der Waals surface area contributed by atoms with Gasteiger partial charge < -0.3 is 59.0 Å². The maximum atomic E-state index is 14.6. The summed E-state index contributed by atoms with van der Waals surface area (Å²) in [5.41, 5.74) is -2.63. The summed E-state index contributed by atoms with van der Waals surface area (Å²) in [4.78, 5) is 18.9. The van der Waals surface area contributed by atoms with Crippen LogP contribution < -0.4 is 0 Å². The first kappa shape index (κ1) is 56.6. The summed E-state index contributed by atoms with van der Waals surface area (Å²) in [6, 6.07) is 6.16. The molecule has 1 aromatic heterocycles. The molecule has 2 aromatic rings. The first-order valence-electron chi connectivity index (χ1n) is 25.4. The van der Waals surface area contributed by atoms with Crippen LogP contribution >= 0.6 is 0 Å². The number of methoxy groups -OCH3 is 1. The maximum absolute atomic E-state index is 14.6. The van der Waals surface area contributed by atoms with Gasteiger partial charge in [0.25, 0.3) is 0 Å². The molecule has 0 amide bonds. The second kappa shape index (κ2) is 22.0. The Morgan fingerprint density at radius 3 is 2.23 bits per heavy atom. The van der Waals surface area contributed by atoms with Crippen molar-refractivity contribution in [3.05, 3.63) is 41.7 Å². The summed E-state index contributed by atoms with van der Waals surface area (Å²) in [7, 11) is 2.03. The highest BCUT2D eigenvalue weighted by Crippen LogP contribution is 2.51. The van der Waals surface area contributed by atoms with E-state index in [1.54, 1.807) is 46.8 Å². The van der Waals surface area contributed by atoms with E-state index in [1.807, 2.05) is 69.7 Å². The van der Waals surface area contributed by atoms with Gasteiger partial charge in [0.15, 0.2) is 16.1 Å². The molecule has 3 saturated heterocycles. The van der Waals surface area contributed by atoms with Crippen molar-refractivity contribution in [1.29, 1.82) is 0 Å². The van der Waals surface area contributed by atoms with Crippen LogP contribution in [0.5, 0.6) is 0 Å². The molecule has 19 heteroatoms. The number of carbonyl (C=O) groups excluding carboxylic acids is 1. The minimum absolute atomic E-state index is 0.121. The molecule has 70 heavy (non-hydrogen) atoms. The number of aromatic nitrogens is 3. The zero-order valence-corrected chi connectivity index (χ0v) is 44.8. The number of aliphatic hydroxyl groups is 5. The first-order chi connectivity index (χ1) is 32.5. The van der Waals surface area contributed by atoms with E-state index in [9.17, 15) is 38.7 Å². The van der Waals surface area contributed by atoms with Gasteiger partial charge in [0.05, 0.1) is 58.2 Å². The lowest BCUT2D eigenvalue weighted by atomic mass is 9.68. The second-order valence-electron chi connectivity index (χ2n) is 22.5. The van der Waals surface area contributed by atoms with Gasteiger partial charge in [-0.1, -0.05) is 45.0 Å². The third-order valence-corrected chi connectivity index (χ3v) is 17.7. The molecule has 4 fully saturated rings. The van der Waals surface area contributed by atoms with Crippen molar-refractivity contribution >= 4 is 15.8 Å². The molecule has 18 nitrogen and oxygen atoms in total. The lowest BCUT2D eigenvalue weighted by Gasteiger charge is -2.51. The highest BCUT2D eigenvalue weighted by molar-refractivity contribution is 7.90.